The van der Waals surface area contributed by atoms with E-state index >= 15 is 0 Å². The minimum atomic E-state index is -2.43. The van der Waals surface area contributed by atoms with E-state index in [1.54, 1.807) is 41.1 Å². The van der Waals surface area contributed by atoms with Crippen molar-refractivity contribution in [3.8, 4) is 0 Å². The summed E-state index contributed by atoms with van der Waals surface area (Å²) in [5, 5.41) is 33.9. The van der Waals surface area contributed by atoms with Crippen molar-refractivity contribution in [2.45, 2.75) is 180 Å². The third-order valence-corrected chi connectivity index (χ3v) is 14.5. The van der Waals surface area contributed by atoms with Crippen molar-refractivity contribution >= 4 is 29.2 Å². The van der Waals surface area contributed by atoms with E-state index in [1.807, 2.05) is 58.1 Å². The maximum atomic E-state index is 14.4. The maximum Gasteiger partial charge on any atom is 0.329 e. The van der Waals surface area contributed by atoms with Crippen LogP contribution in [-0.2, 0) is 47.7 Å². The molecule has 65 heavy (non-hydrogen) atoms. The molecule has 0 radical (unpaired) electrons. The molecular weight excluding hydrogens is 835 g/mol. The predicted molar refractivity (Wildman–Crippen MR) is 245 cm³/mol. The van der Waals surface area contributed by atoms with Gasteiger partial charge in [-0.15, -0.1) is 0 Å². The molecule has 4 rings (SSSR count). The van der Waals surface area contributed by atoms with Gasteiger partial charge in [-0.05, 0) is 107 Å². The van der Waals surface area contributed by atoms with Crippen LogP contribution in [0.3, 0.4) is 0 Å². The Morgan fingerprint density at radius 2 is 1.58 bits per heavy atom. The van der Waals surface area contributed by atoms with Gasteiger partial charge in [0.05, 0.1) is 30.5 Å². The van der Waals surface area contributed by atoms with Crippen LogP contribution in [0.4, 0.5) is 0 Å². The first-order chi connectivity index (χ1) is 30.7. The molecule has 366 valence electrons. The van der Waals surface area contributed by atoms with E-state index in [1.165, 1.54) is 12.0 Å². The molecule has 4 aliphatic rings. The van der Waals surface area contributed by atoms with Crippen molar-refractivity contribution in [2.24, 2.45) is 35.5 Å². The molecule has 0 aromatic carbocycles. The van der Waals surface area contributed by atoms with Gasteiger partial charge in [0, 0.05) is 58.5 Å². The summed E-state index contributed by atoms with van der Waals surface area (Å²) in [6.07, 6.45) is 11.2. The van der Waals surface area contributed by atoms with Crippen LogP contribution in [-0.4, -0.2) is 132 Å². The van der Waals surface area contributed by atoms with Gasteiger partial charge in [-0.3, -0.25) is 19.2 Å². The minimum Gasteiger partial charge on any atom is -0.460 e. The van der Waals surface area contributed by atoms with Gasteiger partial charge in [0.15, 0.2) is 11.6 Å². The lowest BCUT2D eigenvalue weighted by molar-refractivity contribution is -0.265. The fraction of sp³-hybridized carbons (Fsp3) is 0.745. The highest BCUT2D eigenvalue weighted by Crippen LogP contribution is 2.38. The average Bonchev–Trinajstić information content (AvgIpc) is 3.28. The van der Waals surface area contributed by atoms with Gasteiger partial charge in [-0.25, -0.2) is 4.79 Å². The topological polar surface area (TPSA) is 195 Å². The number of cyclic esters (lactones) is 1. The van der Waals surface area contributed by atoms with Crippen molar-refractivity contribution in [1.29, 1.82) is 0 Å². The number of methoxy groups -OCH3 is 3. The third-order valence-electron chi connectivity index (χ3n) is 14.5. The van der Waals surface area contributed by atoms with Crippen molar-refractivity contribution in [3.63, 3.8) is 0 Å². The molecule has 3 fully saturated rings. The van der Waals surface area contributed by atoms with Gasteiger partial charge < -0.3 is 43.9 Å². The van der Waals surface area contributed by atoms with Gasteiger partial charge in [0.25, 0.3) is 11.7 Å². The van der Waals surface area contributed by atoms with Crippen LogP contribution in [0.2, 0.25) is 0 Å². The summed E-state index contributed by atoms with van der Waals surface area (Å²) in [6, 6.07) is -1.14. The van der Waals surface area contributed by atoms with Gasteiger partial charge in [0.2, 0.25) is 5.79 Å². The van der Waals surface area contributed by atoms with E-state index in [-0.39, 0.29) is 54.8 Å². The Morgan fingerprint density at radius 3 is 2.26 bits per heavy atom. The van der Waals surface area contributed by atoms with E-state index in [0.29, 0.717) is 63.4 Å². The minimum absolute atomic E-state index is 0.0220. The molecule has 1 saturated carbocycles. The lowest BCUT2D eigenvalue weighted by atomic mass is 9.78. The first-order valence-corrected chi connectivity index (χ1v) is 23.9. The number of nitrogens with zero attached hydrogens (tertiary/aromatic N) is 1. The molecule has 1 aliphatic carbocycles. The molecule has 0 aromatic heterocycles. The van der Waals surface area contributed by atoms with E-state index in [2.05, 4.69) is 0 Å². The second-order valence-corrected chi connectivity index (χ2v) is 19.6. The number of aliphatic hydroxyl groups excluding tert-OH is 2. The number of hydrogen-bond donors (Lipinski definition) is 3. The molecule has 3 N–H and O–H groups in total. The van der Waals surface area contributed by atoms with Crippen LogP contribution < -0.4 is 0 Å². The number of amides is 1. The maximum absolute atomic E-state index is 14.4. The molecule has 14 heteroatoms. The van der Waals surface area contributed by atoms with Gasteiger partial charge in [0.1, 0.15) is 18.2 Å². The molecule has 0 spiro atoms. The van der Waals surface area contributed by atoms with Crippen LogP contribution in [0, 0.1) is 35.5 Å². The Labute approximate surface area is 387 Å². The van der Waals surface area contributed by atoms with E-state index < -0.39 is 83.9 Å². The zero-order valence-corrected chi connectivity index (χ0v) is 40.6. The number of aliphatic hydroxyl groups is 3. The van der Waals surface area contributed by atoms with Crippen LogP contribution in [0.25, 0.3) is 0 Å². The first-order valence-electron chi connectivity index (χ1n) is 23.9. The SMILES string of the molecule is CO[C@H]1C[C@@H]2CC[C@@H](C)[C@@](O)(O2)C(=O)C(=O)N2CCCC[C@H]2C(=O)O[C@H]([C@H](C)C[C@@H]2CC[C@@H](O)[C@H](OC)C2)CC(=O)/C(C)=C/C(C)C(O)[C@@H](OC)C(=O)[C@H](C)C[C@H](C)C=CC=CC=C1C. The van der Waals surface area contributed by atoms with Gasteiger partial charge >= 0.3 is 5.97 Å². The molecule has 15 atom stereocenters. The number of piperidine rings is 1. The smallest absolute Gasteiger partial charge is 0.329 e. The van der Waals surface area contributed by atoms with Crippen LogP contribution in [0.15, 0.2) is 47.6 Å². The summed E-state index contributed by atoms with van der Waals surface area (Å²) in [6.45, 7) is 12.7. The Kier molecular flexibility index (Phi) is 21.0. The number of fused-ring (bicyclic) bond motifs is 3. The number of hydrogen-bond acceptors (Lipinski definition) is 13. The summed E-state index contributed by atoms with van der Waals surface area (Å²) >= 11 is 0. The number of carbonyl (C=O) groups excluding carboxylic acids is 5. The summed E-state index contributed by atoms with van der Waals surface area (Å²) in [7, 11) is 4.53. The highest BCUT2D eigenvalue weighted by atomic mass is 16.6. The standard InChI is InChI=1S/C51H79NO13/c1-30-16-12-11-13-17-31(2)42(61-8)28-38-21-19-36(7)51(60,65-38)48(57)49(58)52-23-15-14-18-39(52)50(59)64-43(33(4)26-37-20-22-40(53)44(27-37)62-9)29-41(54)32(3)25-35(6)46(56)47(63-10)45(55)34(5)24-30/h11-13,16-17,25,30,33-40,42-44,46-47,53,56,60H,14-15,18-24,26-29H2,1-10H3/b13-11?,16-12?,31-17?,32-25+/t30-,33-,34-,35?,36-,37+,38+,39+,40-,42+,43+,44-,46?,47+,51-/m1/s1. The van der Waals surface area contributed by atoms with E-state index in [0.717, 1.165) is 12.0 Å². The number of allylic oxidation sites excluding steroid dienone is 6. The summed E-state index contributed by atoms with van der Waals surface area (Å²) in [4.78, 5) is 71.7. The molecule has 3 heterocycles. The van der Waals surface area contributed by atoms with Gasteiger partial charge in [-0.2, -0.15) is 0 Å². The second-order valence-electron chi connectivity index (χ2n) is 19.6. The fourth-order valence-corrected chi connectivity index (χ4v) is 10.1. The number of ketones is 3. The normalized spacial score (nSPS) is 38.6. The number of esters is 1. The Morgan fingerprint density at radius 1 is 0.862 bits per heavy atom. The van der Waals surface area contributed by atoms with Crippen molar-refractivity contribution in [3.05, 3.63) is 47.6 Å². The first kappa shape index (κ1) is 54.2. The molecule has 2 bridgehead atoms. The Hall–Kier alpha value is -3.37. The lowest BCUT2D eigenvalue weighted by Crippen LogP contribution is -2.61. The quantitative estimate of drug-likeness (QED) is 0.202. The summed E-state index contributed by atoms with van der Waals surface area (Å²) < 4.78 is 29.4. The number of Topliss-reactive ketones (excluding diaryl/α,β-unsaturated/α-hetero) is 3. The lowest BCUT2D eigenvalue weighted by Gasteiger charge is -2.42. The molecule has 2 unspecified atom stereocenters. The van der Waals surface area contributed by atoms with Crippen LogP contribution >= 0.6 is 0 Å². The molecule has 0 aromatic rings. The molecule has 1 amide bonds. The van der Waals surface area contributed by atoms with Crippen molar-refractivity contribution in [2.75, 3.05) is 27.9 Å². The van der Waals surface area contributed by atoms with Gasteiger partial charge in [-0.1, -0.05) is 71.1 Å². The third kappa shape index (κ3) is 14.3. The highest BCUT2D eigenvalue weighted by molar-refractivity contribution is 6.39. The highest BCUT2D eigenvalue weighted by Gasteiger charge is 2.53. The summed E-state index contributed by atoms with van der Waals surface area (Å²) in [5.41, 5.74) is 1.19. The zero-order valence-electron chi connectivity index (χ0n) is 40.6. The van der Waals surface area contributed by atoms with Crippen molar-refractivity contribution in [1.82, 2.24) is 4.90 Å². The average molecular weight is 914 g/mol. The monoisotopic (exact) mass is 914 g/mol. The van der Waals surface area contributed by atoms with Crippen molar-refractivity contribution < 1.29 is 63.0 Å². The molecule has 2 saturated heterocycles. The van der Waals surface area contributed by atoms with Crippen LogP contribution in [0.1, 0.15) is 126 Å². The second kappa shape index (κ2) is 25.1. The number of ether oxygens (including phenoxy) is 5. The molecule has 14 nitrogen and oxygen atoms in total. The Bertz CT molecular complexity index is 1760. The van der Waals surface area contributed by atoms with E-state index in [9.17, 15) is 39.3 Å². The number of carbonyl (C=O) groups is 5. The predicted octanol–water partition coefficient (Wildman–Crippen LogP) is 6.18. The molecule has 3 aliphatic heterocycles. The largest absolute Gasteiger partial charge is 0.460 e. The zero-order chi connectivity index (χ0) is 48.2. The van der Waals surface area contributed by atoms with E-state index in [4.69, 9.17) is 23.7 Å². The Balaban J connectivity index is 1.70. The molecular formula is C51H79NO13. The number of rotatable bonds is 6. The fourth-order valence-electron chi connectivity index (χ4n) is 10.1. The summed E-state index contributed by atoms with van der Waals surface area (Å²) in [5.74, 6) is -7.93. The van der Waals surface area contributed by atoms with Crippen LogP contribution in [0.5, 0.6) is 0 Å².